The molecule has 0 unspecified atom stereocenters. The van der Waals surface area contributed by atoms with Gasteiger partial charge in [0.1, 0.15) is 23.4 Å². The molecule has 2 aromatic carbocycles. The van der Waals surface area contributed by atoms with E-state index in [0.29, 0.717) is 30.5 Å². The molecule has 0 N–H and O–H groups in total. The average Bonchev–Trinajstić information content (AvgIpc) is 2.93. The Labute approximate surface area is 216 Å². The second-order valence-electron chi connectivity index (χ2n) is 9.06. The van der Waals surface area contributed by atoms with Crippen LogP contribution in [0.5, 0.6) is 23.1 Å². The van der Waals surface area contributed by atoms with Gasteiger partial charge in [0.05, 0.1) is 0 Å². The number of benzene rings is 2. The zero-order valence-electron chi connectivity index (χ0n) is 20.7. The van der Waals surface area contributed by atoms with E-state index in [1.807, 2.05) is 85.9 Å². The van der Waals surface area contributed by atoms with Crippen LogP contribution in [-0.4, -0.2) is 40.2 Å². The smallest absolute Gasteiger partial charge is 0.415 e. The summed E-state index contributed by atoms with van der Waals surface area (Å²) in [4.78, 5) is 23.0. The highest BCUT2D eigenvalue weighted by Gasteiger charge is 2.25. The molecule has 0 aliphatic carbocycles. The predicted molar refractivity (Wildman–Crippen MR) is 140 cm³/mol. The van der Waals surface area contributed by atoms with E-state index in [2.05, 4.69) is 16.0 Å². The van der Waals surface area contributed by atoms with Crippen molar-refractivity contribution in [2.45, 2.75) is 32.3 Å². The molecule has 0 saturated carbocycles. The molecule has 37 heavy (non-hydrogen) atoms. The molecule has 188 valence electrons. The summed E-state index contributed by atoms with van der Waals surface area (Å²) in [7, 11) is 0. The number of carbonyl (C=O) groups is 1. The van der Waals surface area contributed by atoms with Crippen LogP contribution in [0.1, 0.15) is 29.7 Å². The summed E-state index contributed by atoms with van der Waals surface area (Å²) in [5.74, 6) is 2.56. The first-order chi connectivity index (χ1) is 18.1. The van der Waals surface area contributed by atoms with Crippen molar-refractivity contribution < 1.29 is 19.0 Å². The minimum atomic E-state index is -0.331. The molecule has 4 aromatic rings. The topological polar surface area (TPSA) is 73.8 Å². The SMILES string of the molecule is Cc1ccc(Cc2ccc(OC(=O)N3CCC(Oc4ccc(Oc5ccccn5)cc4)CC3)cc2)nc1. The minimum absolute atomic E-state index is 0.0428. The second-order valence-corrected chi connectivity index (χ2v) is 9.06. The van der Waals surface area contributed by atoms with Crippen molar-refractivity contribution in [2.75, 3.05) is 13.1 Å². The van der Waals surface area contributed by atoms with Crippen molar-refractivity contribution >= 4 is 6.09 Å². The first kappa shape index (κ1) is 24.3. The van der Waals surface area contributed by atoms with E-state index >= 15 is 0 Å². The second kappa shape index (κ2) is 11.6. The summed E-state index contributed by atoms with van der Waals surface area (Å²) in [6.45, 7) is 3.19. The predicted octanol–water partition coefficient (Wildman–Crippen LogP) is 6.21. The van der Waals surface area contributed by atoms with Gasteiger partial charge in [-0.1, -0.05) is 24.3 Å². The van der Waals surface area contributed by atoms with Crippen LogP contribution in [0.3, 0.4) is 0 Å². The Balaban J connectivity index is 1.06. The zero-order valence-corrected chi connectivity index (χ0v) is 20.7. The summed E-state index contributed by atoms with van der Waals surface area (Å²) in [5.41, 5.74) is 3.27. The lowest BCUT2D eigenvalue weighted by Gasteiger charge is -2.31. The van der Waals surface area contributed by atoms with Crippen LogP contribution in [0.15, 0.2) is 91.3 Å². The molecule has 0 spiro atoms. The third-order valence-electron chi connectivity index (χ3n) is 6.17. The zero-order chi connectivity index (χ0) is 25.5. The standard InChI is InChI=1S/C30H29N3O4/c1-22-5-8-24(32-21-22)20-23-6-9-27(10-7-23)37-30(34)33-18-15-28(16-19-33)35-25-11-13-26(14-12-25)36-29-4-2-3-17-31-29/h2-14,17,21,28H,15-16,18-20H2,1H3. The molecule has 3 heterocycles. The van der Waals surface area contributed by atoms with Gasteiger partial charge in [0.2, 0.25) is 5.88 Å². The van der Waals surface area contributed by atoms with Gasteiger partial charge >= 0.3 is 6.09 Å². The molecule has 7 heteroatoms. The van der Waals surface area contributed by atoms with Crippen LogP contribution < -0.4 is 14.2 Å². The molecule has 1 aliphatic rings. The van der Waals surface area contributed by atoms with Crippen LogP contribution >= 0.6 is 0 Å². The highest BCUT2D eigenvalue weighted by molar-refractivity contribution is 5.70. The van der Waals surface area contributed by atoms with E-state index in [4.69, 9.17) is 14.2 Å². The first-order valence-electron chi connectivity index (χ1n) is 12.4. The first-order valence-corrected chi connectivity index (χ1v) is 12.4. The normalized spacial score (nSPS) is 13.7. The number of nitrogens with zero attached hydrogens (tertiary/aromatic N) is 3. The summed E-state index contributed by atoms with van der Waals surface area (Å²) in [5, 5.41) is 0. The lowest BCUT2D eigenvalue weighted by atomic mass is 10.1. The third-order valence-corrected chi connectivity index (χ3v) is 6.17. The van der Waals surface area contributed by atoms with Crippen molar-refractivity contribution in [3.63, 3.8) is 0 Å². The number of pyridine rings is 2. The summed E-state index contributed by atoms with van der Waals surface area (Å²) in [6.07, 6.45) is 5.49. The van der Waals surface area contributed by atoms with Crippen LogP contribution in [0, 0.1) is 6.92 Å². The van der Waals surface area contributed by atoms with Gasteiger partial charge in [0, 0.05) is 56.5 Å². The highest BCUT2D eigenvalue weighted by Crippen LogP contribution is 2.25. The summed E-state index contributed by atoms with van der Waals surface area (Å²) < 4.78 is 17.4. The maximum absolute atomic E-state index is 12.7. The molecular formula is C30H29N3O4. The van der Waals surface area contributed by atoms with Gasteiger partial charge in [-0.15, -0.1) is 0 Å². The lowest BCUT2D eigenvalue weighted by molar-refractivity contribution is 0.0930. The van der Waals surface area contributed by atoms with Gasteiger partial charge in [-0.05, 0) is 66.6 Å². The Morgan fingerprint density at radius 3 is 2.27 bits per heavy atom. The molecule has 1 amide bonds. The molecular weight excluding hydrogens is 466 g/mol. The fourth-order valence-electron chi connectivity index (χ4n) is 4.12. The van der Waals surface area contributed by atoms with Gasteiger partial charge < -0.3 is 19.1 Å². The molecule has 1 fully saturated rings. The van der Waals surface area contributed by atoms with Gasteiger partial charge in [0.25, 0.3) is 0 Å². The fourth-order valence-corrected chi connectivity index (χ4v) is 4.12. The lowest BCUT2D eigenvalue weighted by Crippen LogP contribution is -2.43. The Bertz CT molecular complexity index is 1290. The van der Waals surface area contributed by atoms with Crippen molar-refractivity contribution in [3.05, 3.63) is 108 Å². The van der Waals surface area contributed by atoms with E-state index < -0.39 is 0 Å². The Hall–Kier alpha value is -4.39. The van der Waals surface area contributed by atoms with E-state index in [1.165, 1.54) is 0 Å². The number of rotatable bonds is 7. The highest BCUT2D eigenvalue weighted by atomic mass is 16.6. The number of aryl methyl sites for hydroxylation is 1. The quantitative estimate of drug-likeness (QED) is 0.303. The maximum atomic E-state index is 12.7. The number of carbonyl (C=O) groups excluding carboxylic acids is 1. The monoisotopic (exact) mass is 495 g/mol. The molecule has 5 rings (SSSR count). The van der Waals surface area contributed by atoms with E-state index in [1.54, 1.807) is 11.1 Å². The largest absolute Gasteiger partial charge is 0.490 e. The Morgan fingerprint density at radius 1 is 0.865 bits per heavy atom. The number of piperidine rings is 1. The number of amides is 1. The van der Waals surface area contributed by atoms with E-state index in [0.717, 1.165) is 41.8 Å². The van der Waals surface area contributed by atoms with Crippen LogP contribution in [0.25, 0.3) is 0 Å². The van der Waals surface area contributed by atoms with Crippen molar-refractivity contribution in [1.82, 2.24) is 14.9 Å². The van der Waals surface area contributed by atoms with Gasteiger partial charge in [-0.2, -0.15) is 0 Å². The molecule has 0 bridgehead atoms. The average molecular weight is 496 g/mol. The van der Waals surface area contributed by atoms with Crippen LogP contribution in [0.2, 0.25) is 0 Å². The summed E-state index contributed by atoms with van der Waals surface area (Å²) >= 11 is 0. The van der Waals surface area contributed by atoms with Gasteiger partial charge in [0.15, 0.2) is 0 Å². The molecule has 0 atom stereocenters. The Kier molecular flexibility index (Phi) is 7.60. The van der Waals surface area contributed by atoms with Crippen molar-refractivity contribution in [2.24, 2.45) is 0 Å². The Morgan fingerprint density at radius 2 is 1.59 bits per heavy atom. The number of aromatic nitrogens is 2. The van der Waals surface area contributed by atoms with Crippen molar-refractivity contribution in [1.29, 1.82) is 0 Å². The molecule has 7 nitrogen and oxygen atoms in total. The third kappa shape index (κ3) is 6.85. The molecule has 1 aliphatic heterocycles. The maximum Gasteiger partial charge on any atom is 0.415 e. The fraction of sp³-hybridized carbons (Fsp3) is 0.233. The number of hydrogen-bond donors (Lipinski definition) is 0. The number of ether oxygens (including phenoxy) is 3. The summed E-state index contributed by atoms with van der Waals surface area (Å²) in [6, 6.07) is 24.7. The molecule has 0 radical (unpaired) electrons. The minimum Gasteiger partial charge on any atom is -0.490 e. The van der Waals surface area contributed by atoms with E-state index in [9.17, 15) is 4.79 Å². The van der Waals surface area contributed by atoms with Crippen LogP contribution in [-0.2, 0) is 6.42 Å². The van der Waals surface area contributed by atoms with E-state index in [-0.39, 0.29) is 12.2 Å². The number of hydrogen-bond acceptors (Lipinski definition) is 6. The van der Waals surface area contributed by atoms with Crippen LogP contribution in [0.4, 0.5) is 4.79 Å². The number of likely N-dealkylation sites (tertiary alicyclic amines) is 1. The van der Waals surface area contributed by atoms with Crippen molar-refractivity contribution in [3.8, 4) is 23.1 Å². The molecule has 1 saturated heterocycles. The molecule has 2 aromatic heterocycles. The van der Waals surface area contributed by atoms with Gasteiger partial charge in [-0.3, -0.25) is 4.98 Å². The van der Waals surface area contributed by atoms with Gasteiger partial charge in [-0.25, -0.2) is 9.78 Å².